The molecule has 0 bridgehead atoms. The zero-order chi connectivity index (χ0) is 14.8. The van der Waals surface area contributed by atoms with Crippen LogP contribution in [0.4, 0.5) is 0 Å². The van der Waals surface area contributed by atoms with E-state index in [9.17, 15) is 4.79 Å². The molecule has 1 heterocycles. The van der Waals surface area contributed by atoms with Crippen molar-refractivity contribution in [3.05, 3.63) is 64.5 Å². The van der Waals surface area contributed by atoms with Crippen LogP contribution in [0.2, 0.25) is 5.02 Å². The van der Waals surface area contributed by atoms with E-state index in [1.165, 1.54) is 0 Å². The van der Waals surface area contributed by atoms with E-state index in [1.807, 2.05) is 24.3 Å². The molecule has 0 unspecified atom stereocenters. The van der Waals surface area contributed by atoms with Crippen LogP contribution in [0.1, 0.15) is 21.8 Å². The van der Waals surface area contributed by atoms with Gasteiger partial charge in [-0.1, -0.05) is 23.7 Å². The van der Waals surface area contributed by atoms with Gasteiger partial charge in [0.15, 0.2) is 11.5 Å². The van der Waals surface area contributed by atoms with Gasteiger partial charge in [-0.05, 0) is 35.9 Å². The van der Waals surface area contributed by atoms with E-state index < -0.39 is 0 Å². The lowest BCUT2D eigenvalue weighted by molar-refractivity contribution is 0.0963. The third kappa shape index (κ3) is 2.90. The predicted molar refractivity (Wildman–Crippen MR) is 81.7 cm³/mol. The largest absolute Gasteiger partial charge is 0.440 e. The van der Waals surface area contributed by atoms with Gasteiger partial charge in [0.25, 0.3) is 5.91 Å². The van der Waals surface area contributed by atoms with E-state index in [1.54, 1.807) is 25.2 Å². The molecule has 0 fully saturated rings. The van der Waals surface area contributed by atoms with Gasteiger partial charge in [-0.3, -0.25) is 4.79 Å². The Kier molecular flexibility index (Phi) is 3.62. The van der Waals surface area contributed by atoms with Crippen molar-refractivity contribution in [1.29, 1.82) is 0 Å². The number of amides is 1. The summed E-state index contributed by atoms with van der Waals surface area (Å²) in [6.07, 6.45) is 0.560. The summed E-state index contributed by atoms with van der Waals surface area (Å²) < 4.78 is 5.71. The number of halogens is 1. The zero-order valence-corrected chi connectivity index (χ0v) is 12.1. The first-order chi connectivity index (χ1) is 10.2. The van der Waals surface area contributed by atoms with Crippen LogP contribution in [0, 0.1) is 0 Å². The molecule has 4 nitrogen and oxygen atoms in total. The topological polar surface area (TPSA) is 55.1 Å². The monoisotopic (exact) mass is 300 g/mol. The first-order valence-corrected chi connectivity index (χ1v) is 6.89. The zero-order valence-electron chi connectivity index (χ0n) is 11.4. The van der Waals surface area contributed by atoms with Gasteiger partial charge in [0.05, 0.1) is 0 Å². The quantitative estimate of drug-likeness (QED) is 0.806. The van der Waals surface area contributed by atoms with E-state index in [2.05, 4.69) is 10.3 Å². The molecule has 1 aromatic heterocycles. The Morgan fingerprint density at radius 2 is 2.14 bits per heavy atom. The highest BCUT2D eigenvalue weighted by Crippen LogP contribution is 2.20. The van der Waals surface area contributed by atoms with Crippen molar-refractivity contribution in [1.82, 2.24) is 10.3 Å². The van der Waals surface area contributed by atoms with Gasteiger partial charge >= 0.3 is 0 Å². The predicted octanol–water partition coefficient (Wildman–Crippen LogP) is 3.43. The summed E-state index contributed by atoms with van der Waals surface area (Å²) in [5, 5.41) is 3.27. The molecule has 0 saturated carbocycles. The third-order valence-electron chi connectivity index (χ3n) is 3.17. The van der Waals surface area contributed by atoms with Gasteiger partial charge in [-0.15, -0.1) is 0 Å². The van der Waals surface area contributed by atoms with Crippen LogP contribution >= 0.6 is 11.6 Å². The second-order valence-corrected chi connectivity index (χ2v) is 5.11. The Balaban J connectivity index is 1.92. The van der Waals surface area contributed by atoms with Crippen LogP contribution in [0.25, 0.3) is 11.1 Å². The number of nitrogens with zero attached hydrogens (tertiary/aromatic N) is 1. The maximum atomic E-state index is 11.6. The Morgan fingerprint density at radius 3 is 2.90 bits per heavy atom. The molecule has 0 aliphatic heterocycles. The molecular weight excluding hydrogens is 288 g/mol. The summed E-state index contributed by atoms with van der Waals surface area (Å²) >= 11 is 5.97. The number of carbonyl (C=O) groups excluding carboxylic acids is 1. The lowest BCUT2D eigenvalue weighted by atomic mass is 10.1. The molecule has 106 valence electrons. The molecule has 0 radical (unpaired) electrons. The molecule has 1 N–H and O–H groups in total. The lowest BCUT2D eigenvalue weighted by Gasteiger charge is -1.98. The SMILES string of the molecule is CNC(=O)c1ccc2nc(Cc3cccc(Cl)c3)oc2c1. The fourth-order valence-corrected chi connectivity index (χ4v) is 2.37. The van der Waals surface area contributed by atoms with Crippen molar-refractivity contribution in [3.63, 3.8) is 0 Å². The number of hydrogen-bond donors (Lipinski definition) is 1. The fraction of sp³-hybridized carbons (Fsp3) is 0.125. The number of nitrogens with one attached hydrogen (secondary N) is 1. The Hall–Kier alpha value is -2.33. The third-order valence-corrected chi connectivity index (χ3v) is 3.40. The highest BCUT2D eigenvalue weighted by Gasteiger charge is 2.10. The van der Waals surface area contributed by atoms with Gasteiger partial charge in [0.2, 0.25) is 0 Å². The molecule has 3 aromatic rings. The summed E-state index contributed by atoms with van der Waals surface area (Å²) in [6.45, 7) is 0. The van der Waals surface area contributed by atoms with Gasteiger partial charge in [0.1, 0.15) is 5.52 Å². The van der Waals surface area contributed by atoms with Gasteiger partial charge in [0, 0.05) is 24.1 Å². The molecular formula is C16H13ClN2O2. The average Bonchev–Trinajstić information content (AvgIpc) is 2.87. The summed E-state index contributed by atoms with van der Waals surface area (Å²) in [7, 11) is 1.59. The number of fused-ring (bicyclic) bond motifs is 1. The second-order valence-electron chi connectivity index (χ2n) is 4.68. The minimum Gasteiger partial charge on any atom is -0.440 e. The van der Waals surface area contributed by atoms with Crippen LogP contribution < -0.4 is 5.32 Å². The molecule has 3 rings (SSSR count). The molecule has 0 aliphatic carbocycles. The molecule has 5 heteroatoms. The lowest BCUT2D eigenvalue weighted by Crippen LogP contribution is -2.17. The van der Waals surface area contributed by atoms with Crippen molar-refractivity contribution < 1.29 is 9.21 Å². The van der Waals surface area contributed by atoms with Crippen LogP contribution in [-0.4, -0.2) is 17.9 Å². The molecule has 0 atom stereocenters. The van der Waals surface area contributed by atoms with Crippen molar-refractivity contribution in [2.24, 2.45) is 0 Å². The first-order valence-electron chi connectivity index (χ1n) is 6.52. The molecule has 0 aliphatic rings. The summed E-state index contributed by atoms with van der Waals surface area (Å²) in [5.41, 5.74) is 2.92. The number of benzene rings is 2. The molecule has 1 amide bonds. The van der Waals surface area contributed by atoms with Gasteiger partial charge < -0.3 is 9.73 Å². The number of rotatable bonds is 3. The summed E-state index contributed by atoms with van der Waals surface area (Å²) in [6, 6.07) is 12.8. The van der Waals surface area contributed by atoms with Crippen LogP contribution in [0.5, 0.6) is 0 Å². The van der Waals surface area contributed by atoms with Crippen molar-refractivity contribution >= 4 is 28.6 Å². The van der Waals surface area contributed by atoms with Gasteiger partial charge in [-0.2, -0.15) is 0 Å². The molecule has 21 heavy (non-hydrogen) atoms. The Labute approximate surface area is 126 Å². The average molecular weight is 301 g/mol. The van der Waals surface area contributed by atoms with E-state index in [4.69, 9.17) is 16.0 Å². The van der Waals surface area contributed by atoms with Crippen molar-refractivity contribution in [2.75, 3.05) is 7.05 Å². The van der Waals surface area contributed by atoms with Crippen LogP contribution in [0.15, 0.2) is 46.9 Å². The summed E-state index contributed by atoms with van der Waals surface area (Å²) in [5.74, 6) is 0.450. The van der Waals surface area contributed by atoms with Crippen molar-refractivity contribution in [2.45, 2.75) is 6.42 Å². The van der Waals surface area contributed by atoms with Crippen LogP contribution in [-0.2, 0) is 6.42 Å². The normalized spacial score (nSPS) is 10.8. The van der Waals surface area contributed by atoms with E-state index in [0.717, 1.165) is 11.1 Å². The highest BCUT2D eigenvalue weighted by atomic mass is 35.5. The molecule has 0 spiro atoms. The number of carbonyl (C=O) groups is 1. The number of oxazole rings is 1. The minimum absolute atomic E-state index is 0.148. The number of hydrogen-bond acceptors (Lipinski definition) is 3. The maximum Gasteiger partial charge on any atom is 0.251 e. The minimum atomic E-state index is -0.148. The molecule has 0 saturated heterocycles. The number of aromatic nitrogens is 1. The maximum absolute atomic E-state index is 11.6. The Morgan fingerprint density at radius 1 is 1.29 bits per heavy atom. The van der Waals surface area contributed by atoms with E-state index in [-0.39, 0.29) is 5.91 Å². The highest BCUT2D eigenvalue weighted by molar-refractivity contribution is 6.30. The van der Waals surface area contributed by atoms with E-state index in [0.29, 0.717) is 28.5 Å². The first kappa shape index (κ1) is 13.6. The summed E-state index contributed by atoms with van der Waals surface area (Å²) in [4.78, 5) is 16.0. The standard InChI is InChI=1S/C16H13ClN2O2/c1-18-16(20)11-5-6-13-14(9-11)21-15(19-13)8-10-3-2-4-12(17)7-10/h2-7,9H,8H2,1H3,(H,18,20). The van der Waals surface area contributed by atoms with Gasteiger partial charge in [-0.25, -0.2) is 4.98 Å². The molecule has 2 aromatic carbocycles. The van der Waals surface area contributed by atoms with E-state index >= 15 is 0 Å². The van der Waals surface area contributed by atoms with Crippen molar-refractivity contribution in [3.8, 4) is 0 Å². The second kappa shape index (κ2) is 5.58. The smallest absolute Gasteiger partial charge is 0.251 e. The fourth-order valence-electron chi connectivity index (χ4n) is 2.16. The Bertz CT molecular complexity index is 811. The van der Waals surface area contributed by atoms with Crippen LogP contribution in [0.3, 0.4) is 0 Å².